The monoisotopic (exact) mass is 258 g/mol. The summed E-state index contributed by atoms with van der Waals surface area (Å²) in [4.78, 5) is 4.76. The highest BCUT2D eigenvalue weighted by Crippen LogP contribution is 2.25. The SMILES string of the molecule is CNCC1CN(c2ccccc2C#N)C(C)CN1C. The van der Waals surface area contributed by atoms with Gasteiger partial charge in [0.25, 0.3) is 0 Å². The summed E-state index contributed by atoms with van der Waals surface area (Å²) in [5.74, 6) is 0. The van der Waals surface area contributed by atoms with Crippen molar-refractivity contribution in [3.05, 3.63) is 29.8 Å². The van der Waals surface area contributed by atoms with E-state index in [2.05, 4.69) is 41.2 Å². The van der Waals surface area contributed by atoms with Crippen molar-refractivity contribution in [3.8, 4) is 6.07 Å². The Morgan fingerprint density at radius 2 is 2.11 bits per heavy atom. The van der Waals surface area contributed by atoms with Gasteiger partial charge >= 0.3 is 0 Å². The molecule has 2 rings (SSSR count). The van der Waals surface area contributed by atoms with Crippen LogP contribution < -0.4 is 10.2 Å². The summed E-state index contributed by atoms with van der Waals surface area (Å²) in [5.41, 5.74) is 1.83. The Hall–Kier alpha value is -1.57. The van der Waals surface area contributed by atoms with Crippen molar-refractivity contribution in [2.45, 2.75) is 19.0 Å². The Morgan fingerprint density at radius 1 is 1.37 bits per heavy atom. The first kappa shape index (κ1) is 13.9. The molecule has 1 aliphatic heterocycles. The molecular weight excluding hydrogens is 236 g/mol. The van der Waals surface area contributed by atoms with Crippen LogP contribution in [-0.2, 0) is 0 Å². The van der Waals surface area contributed by atoms with Crippen molar-refractivity contribution >= 4 is 5.69 Å². The minimum atomic E-state index is 0.424. The van der Waals surface area contributed by atoms with Gasteiger partial charge in [-0.25, -0.2) is 0 Å². The Kier molecular flexibility index (Phi) is 4.41. The second-order valence-electron chi connectivity index (χ2n) is 5.28. The van der Waals surface area contributed by atoms with E-state index in [-0.39, 0.29) is 0 Å². The molecule has 2 atom stereocenters. The molecule has 0 aromatic heterocycles. The second-order valence-corrected chi connectivity index (χ2v) is 5.28. The van der Waals surface area contributed by atoms with Crippen LogP contribution in [0.4, 0.5) is 5.69 Å². The average Bonchev–Trinajstić information content (AvgIpc) is 2.42. The molecule has 1 aromatic rings. The van der Waals surface area contributed by atoms with Gasteiger partial charge in [0, 0.05) is 31.7 Å². The predicted molar refractivity (Wildman–Crippen MR) is 78.3 cm³/mol. The topological polar surface area (TPSA) is 42.3 Å². The van der Waals surface area contributed by atoms with Crippen LogP contribution >= 0.6 is 0 Å². The third kappa shape index (κ3) is 2.89. The first-order valence-electron chi connectivity index (χ1n) is 6.78. The molecule has 0 amide bonds. The third-order valence-electron chi connectivity index (χ3n) is 3.89. The van der Waals surface area contributed by atoms with Crippen LogP contribution in [0, 0.1) is 11.3 Å². The van der Waals surface area contributed by atoms with Crippen molar-refractivity contribution in [3.63, 3.8) is 0 Å². The molecule has 1 aromatic carbocycles. The molecule has 0 saturated carbocycles. The second kappa shape index (κ2) is 6.05. The van der Waals surface area contributed by atoms with Gasteiger partial charge in [0.1, 0.15) is 6.07 Å². The number of nitrogens with one attached hydrogen (secondary N) is 1. The van der Waals surface area contributed by atoms with E-state index in [1.54, 1.807) is 0 Å². The van der Waals surface area contributed by atoms with Gasteiger partial charge in [0.2, 0.25) is 0 Å². The van der Waals surface area contributed by atoms with E-state index in [0.717, 1.165) is 30.9 Å². The molecule has 0 spiro atoms. The molecule has 0 radical (unpaired) electrons. The molecule has 1 saturated heterocycles. The highest BCUT2D eigenvalue weighted by molar-refractivity contribution is 5.60. The van der Waals surface area contributed by atoms with Gasteiger partial charge in [-0.3, -0.25) is 4.90 Å². The number of anilines is 1. The normalized spacial score (nSPS) is 24.2. The largest absolute Gasteiger partial charge is 0.365 e. The van der Waals surface area contributed by atoms with E-state index in [4.69, 9.17) is 0 Å². The molecule has 1 N–H and O–H groups in total. The average molecular weight is 258 g/mol. The Morgan fingerprint density at radius 3 is 2.79 bits per heavy atom. The van der Waals surface area contributed by atoms with E-state index >= 15 is 0 Å². The van der Waals surface area contributed by atoms with E-state index in [1.165, 1.54) is 0 Å². The van der Waals surface area contributed by atoms with Gasteiger partial charge in [0.05, 0.1) is 11.3 Å². The lowest BCUT2D eigenvalue weighted by molar-refractivity contribution is 0.190. The summed E-state index contributed by atoms with van der Waals surface area (Å²) >= 11 is 0. The van der Waals surface area contributed by atoms with Crippen LogP contribution in [0.25, 0.3) is 0 Å². The number of para-hydroxylation sites is 1. The van der Waals surface area contributed by atoms with Gasteiger partial charge < -0.3 is 10.2 Å². The predicted octanol–water partition coefficient (Wildman–Crippen LogP) is 1.29. The molecule has 0 aliphatic carbocycles. The zero-order valence-electron chi connectivity index (χ0n) is 11.9. The minimum absolute atomic E-state index is 0.424. The molecule has 4 heteroatoms. The Labute approximate surface area is 115 Å². The zero-order chi connectivity index (χ0) is 13.8. The highest BCUT2D eigenvalue weighted by atomic mass is 15.3. The lowest BCUT2D eigenvalue weighted by Gasteiger charge is -2.45. The molecule has 0 bridgehead atoms. The Bertz CT molecular complexity index is 465. The van der Waals surface area contributed by atoms with Crippen LogP contribution in [0.2, 0.25) is 0 Å². The number of benzene rings is 1. The quantitative estimate of drug-likeness (QED) is 0.887. The lowest BCUT2D eigenvalue weighted by atomic mass is 10.0. The number of rotatable bonds is 3. The molecule has 102 valence electrons. The Balaban J connectivity index is 2.25. The van der Waals surface area contributed by atoms with Gasteiger partial charge in [-0.1, -0.05) is 12.1 Å². The first-order valence-corrected chi connectivity index (χ1v) is 6.78. The van der Waals surface area contributed by atoms with Gasteiger partial charge in [-0.05, 0) is 33.2 Å². The first-order chi connectivity index (χ1) is 9.17. The van der Waals surface area contributed by atoms with E-state index in [0.29, 0.717) is 12.1 Å². The van der Waals surface area contributed by atoms with Crippen molar-refractivity contribution in [1.82, 2.24) is 10.2 Å². The standard InChI is InChI=1S/C15H22N4/c1-12-10-18(3)14(9-17-2)11-19(12)15-7-5-4-6-13(15)8-16/h4-7,12,14,17H,9-11H2,1-3H3. The number of piperazine rings is 1. The maximum Gasteiger partial charge on any atom is 0.101 e. The number of likely N-dealkylation sites (N-methyl/N-ethyl adjacent to an activating group) is 2. The van der Waals surface area contributed by atoms with Crippen LogP contribution in [0.5, 0.6) is 0 Å². The van der Waals surface area contributed by atoms with Crippen LogP contribution in [0.15, 0.2) is 24.3 Å². The summed E-state index contributed by atoms with van der Waals surface area (Å²) in [6.07, 6.45) is 0. The third-order valence-corrected chi connectivity index (χ3v) is 3.89. The van der Waals surface area contributed by atoms with Gasteiger partial charge in [0.15, 0.2) is 0 Å². The summed E-state index contributed by atoms with van der Waals surface area (Å²) in [6.45, 7) is 5.16. The van der Waals surface area contributed by atoms with Crippen LogP contribution in [-0.4, -0.2) is 50.7 Å². The fourth-order valence-electron chi connectivity index (χ4n) is 2.82. The molecule has 4 nitrogen and oxygen atoms in total. The van der Waals surface area contributed by atoms with Crippen molar-refractivity contribution in [1.29, 1.82) is 5.26 Å². The molecule has 1 heterocycles. The summed E-state index contributed by atoms with van der Waals surface area (Å²) in [6, 6.07) is 11.1. The van der Waals surface area contributed by atoms with Crippen molar-refractivity contribution in [2.24, 2.45) is 0 Å². The number of hydrogen-bond acceptors (Lipinski definition) is 4. The smallest absolute Gasteiger partial charge is 0.101 e. The molecule has 2 unspecified atom stereocenters. The van der Waals surface area contributed by atoms with Gasteiger partial charge in [-0.15, -0.1) is 0 Å². The number of nitriles is 1. The highest BCUT2D eigenvalue weighted by Gasteiger charge is 2.29. The van der Waals surface area contributed by atoms with Gasteiger partial charge in [-0.2, -0.15) is 5.26 Å². The maximum absolute atomic E-state index is 9.26. The maximum atomic E-state index is 9.26. The minimum Gasteiger partial charge on any atom is -0.365 e. The molecule has 1 fully saturated rings. The lowest BCUT2D eigenvalue weighted by Crippen LogP contribution is -2.58. The number of hydrogen-bond donors (Lipinski definition) is 1. The molecule has 1 aliphatic rings. The van der Waals surface area contributed by atoms with Crippen LogP contribution in [0.1, 0.15) is 12.5 Å². The zero-order valence-corrected chi connectivity index (χ0v) is 11.9. The number of nitrogens with zero attached hydrogens (tertiary/aromatic N) is 3. The van der Waals surface area contributed by atoms with Crippen LogP contribution in [0.3, 0.4) is 0 Å². The van der Waals surface area contributed by atoms with E-state index in [9.17, 15) is 5.26 Å². The van der Waals surface area contributed by atoms with E-state index in [1.807, 2.05) is 25.2 Å². The summed E-state index contributed by atoms with van der Waals surface area (Å²) in [7, 11) is 4.16. The fourth-order valence-corrected chi connectivity index (χ4v) is 2.82. The summed E-state index contributed by atoms with van der Waals surface area (Å²) < 4.78 is 0. The summed E-state index contributed by atoms with van der Waals surface area (Å²) in [5, 5.41) is 12.5. The van der Waals surface area contributed by atoms with Crippen molar-refractivity contribution in [2.75, 3.05) is 38.6 Å². The van der Waals surface area contributed by atoms with E-state index < -0.39 is 0 Å². The fraction of sp³-hybridized carbons (Fsp3) is 0.533. The molecule has 19 heavy (non-hydrogen) atoms. The van der Waals surface area contributed by atoms with Crippen molar-refractivity contribution < 1.29 is 0 Å². The molecular formula is C15H22N4.